The summed E-state index contributed by atoms with van der Waals surface area (Å²) in [4.78, 5) is 14.7. The molecule has 0 aliphatic carbocycles. The summed E-state index contributed by atoms with van der Waals surface area (Å²) in [7, 11) is 0. The van der Waals surface area contributed by atoms with Crippen LogP contribution < -0.4 is 0 Å². The molecule has 1 aliphatic heterocycles. The highest BCUT2D eigenvalue weighted by Gasteiger charge is 2.24. The molecule has 2 aromatic rings. The van der Waals surface area contributed by atoms with Crippen LogP contribution in [0.3, 0.4) is 0 Å². The van der Waals surface area contributed by atoms with E-state index >= 15 is 0 Å². The summed E-state index contributed by atoms with van der Waals surface area (Å²) >= 11 is 0. The molecule has 0 saturated carbocycles. The second kappa shape index (κ2) is 8.30. The van der Waals surface area contributed by atoms with Crippen molar-refractivity contribution in [2.75, 3.05) is 13.2 Å². The first kappa shape index (κ1) is 17.7. The van der Waals surface area contributed by atoms with Gasteiger partial charge in [-0.25, -0.2) is 4.79 Å². The number of nitrogens with zero attached hydrogens (tertiary/aromatic N) is 1. The van der Waals surface area contributed by atoms with Crippen molar-refractivity contribution in [2.24, 2.45) is 0 Å². The number of ether oxygens (including phenoxy) is 1. The molecule has 132 valence electrons. The van der Waals surface area contributed by atoms with Crippen LogP contribution in [0.1, 0.15) is 49.0 Å². The molecule has 3 nitrogen and oxygen atoms in total. The molecule has 1 heterocycles. The van der Waals surface area contributed by atoms with Crippen LogP contribution in [-0.2, 0) is 11.3 Å². The summed E-state index contributed by atoms with van der Waals surface area (Å²) in [5, 5.41) is 0. The molecule has 2 aromatic carbocycles. The number of hydrogen-bond donors (Lipinski definition) is 0. The summed E-state index contributed by atoms with van der Waals surface area (Å²) in [6.07, 6.45) is 3.71. The van der Waals surface area contributed by atoms with Crippen molar-refractivity contribution < 1.29 is 9.53 Å². The predicted octanol–water partition coefficient (Wildman–Crippen LogP) is 4.90. The Hall–Kier alpha value is -2.13. The predicted molar refractivity (Wildman–Crippen MR) is 102 cm³/mol. The van der Waals surface area contributed by atoms with Crippen molar-refractivity contribution in [3.8, 4) is 11.1 Å². The lowest BCUT2D eigenvalue weighted by Gasteiger charge is -2.25. The first-order chi connectivity index (χ1) is 12.2. The van der Waals surface area contributed by atoms with Crippen molar-refractivity contribution in [1.29, 1.82) is 0 Å². The minimum atomic E-state index is -0.239. The fourth-order valence-electron chi connectivity index (χ4n) is 3.75. The van der Waals surface area contributed by atoms with Crippen molar-refractivity contribution in [3.05, 3.63) is 59.7 Å². The highest BCUT2D eigenvalue weighted by Crippen LogP contribution is 2.29. The van der Waals surface area contributed by atoms with Gasteiger partial charge in [0.25, 0.3) is 0 Å². The van der Waals surface area contributed by atoms with Gasteiger partial charge in [0.15, 0.2) is 0 Å². The van der Waals surface area contributed by atoms with Crippen LogP contribution in [0, 0.1) is 0 Å². The normalized spacial score (nSPS) is 17.6. The maximum absolute atomic E-state index is 12.2. The van der Waals surface area contributed by atoms with Crippen molar-refractivity contribution in [2.45, 2.75) is 45.7 Å². The van der Waals surface area contributed by atoms with Crippen LogP contribution in [0.4, 0.5) is 0 Å². The van der Waals surface area contributed by atoms with Crippen LogP contribution >= 0.6 is 0 Å². The molecule has 1 atom stereocenters. The van der Waals surface area contributed by atoms with E-state index < -0.39 is 0 Å². The van der Waals surface area contributed by atoms with E-state index in [0.717, 1.165) is 13.1 Å². The SMILES string of the molecule is CCOC(=O)c1ccc(-c2ccccc2)c(CN2CCC[C@H]2CC)c1. The Labute approximate surface area is 150 Å². The number of carbonyl (C=O) groups is 1. The average Bonchev–Trinajstić information content (AvgIpc) is 3.10. The van der Waals surface area contributed by atoms with Crippen molar-refractivity contribution >= 4 is 5.97 Å². The van der Waals surface area contributed by atoms with Gasteiger partial charge in [-0.1, -0.05) is 43.3 Å². The summed E-state index contributed by atoms with van der Waals surface area (Å²) in [6.45, 7) is 6.52. The molecule has 1 aliphatic rings. The number of hydrogen-bond acceptors (Lipinski definition) is 3. The van der Waals surface area contributed by atoms with Gasteiger partial charge in [-0.3, -0.25) is 4.90 Å². The van der Waals surface area contributed by atoms with E-state index in [1.54, 1.807) is 0 Å². The molecule has 3 heteroatoms. The van der Waals surface area contributed by atoms with E-state index in [2.05, 4.69) is 42.2 Å². The fraction of sp³-hybridized carbons (Fsp3) is 0.409. The highest BCUT2D eigenvalue weighted by atomic mass is 16.5. The van der Waals surface area contributed by atoms with Gasteiger partial charge in [0, 0.05) is 12.6 Å². The molecule has 1 fully saturated rings. The number of likely N-dealkylation sites (tertiary alicyclic amines) is 1. The quantitative estimate of drug-likeness (QED) is 0.702. The zero-order valence-electron chi connectivity index (χ0n) is 15.2. The van der Waals surface area contributed by atoms with Gasteiger partial charge in [0.05, 0.1) is 12.2 Å². The summed E-state index contributed by atoms with van der Waals surface area (Å²) in [5.74, 6) is -0.239. The number of rotatable bonds is 6. The number of carbonyl (C=O) groups excluding carboxylic acids is 1. The first-order valence-corrected chi connectivity index (χ1v) is 9.32. The average molecular weight is 337 g/mol. The third-order valence-corrected chi connectivity index (χ3v) is 5.04. The highest BCUT2D eigenvalue weighted by molar-refractivity contribution is 5.90. The third-order valence-electron chi connectivity index (χ3n) is 5.04. The van der Waals surface area contributed by atoms with Crippen molar-refractivity contribution in [1.82, 2.24) is 4.90 Å². The number of esters is 1. The zero-order valence-corrected chi connectivity index (χ0v) is 15.2. The van der Waals surface area contributed by atoms with E-state index in [0.29, 0.717) is 18.2 Å². The lowest BCUT2D eigenvalue weighted by Crippen LogP contribution is -2.28. The third kappa shape index (κ3) is 4.10. The molecule has 0 radical (unpaired) electrons. The largest absolute Gasteiger partial charge is 0.462 e. The summed E-state index contributed by atoms with van der Waals surface area (Å²) < 4.78 is 5.19. The summed E-state index contributed by atoms with van der Waals surface area (Å²) in [6, 6.07) is 17.0. The molecule has 0 spiro atoms. The topological polar surface area (TPSA) is 29.5 Å². The molecule has 0 aromatic heterocycles. The molecule has 3 rings (SSSR count). The smallest absolute Gasteiger partial charge is 0.338 e. The number of benzene rings is 2. The molecule has 0 unspecified atom stereocenters. The zero-order chi connectivity index (χ0) is 17.6. The van der Waals surface area contributed by atoms with Gasteiger partial charge in [-0.05, 0) is 61.6 Å². The van der Waals surface area contributed by atoms with Crippen LogP contribution in [0.5, 0.6) is 0 Å². The Kier molecular flexibility index (Phi) is 5.87. The van der Waals surface area contributed by atoms with Gasteiger partial charge < -0.3 is 4.74 Å². The van der Waals surface area contributed by atoms with E-state index in [4.69, 9.17) is 4.74 Å². The molecule has 0 bridgehead atoms. The molecule has 1 saturated heterocycles. The van der Waals surface area contributed by atoms with Crippen LogP contribution in [0.25, 0.3) is 11.1 Å². The molecular formula is C22H27NO2. The van der Waals surface area contributed by atoms with E-state index in [1.165, 1.54) is 36.0 Å². The monoisotopic (exact) mass is 337 g/mol. The molecule has 0 amide bonds. The lowest BCUT2D eigenvalue weighted by atomic mass is 9.96. The van der Waals surface area contributed by atoms with Crippen molar-refractivity contribution in [3.63, 3.8) is 0 Å². The second-order valence-corrected chi connectivity index (χ2v) is 6.63. The van der Waals surface area contributed by atoms with Crippen LogP contribution in [-0.4, -0.2) is 30.1 Å². The molecule has 0 N–H and O–H groups in total. The molecular weight excluding hydrogens is 310 g/mol. The van der Waals surface area contributed by atoms with Crippen LogP contribution in [0.2, 0.25) is 0 Å². The fourth-order valence-corrected chi connectivity index (χ4v) is 3.75. The van der Waals surface area contributed by atoms with E-state index in [1.807, 2.05) is 25.1 Å². The molecule has 25 heavy (non-hydrogen) atoms. The second-order valence-electron chi connectivity index (χ2n) is 6.63. The Morgan fingerprint density at radius 2 is 1.96 bits per heavy atom. The van der Waals surface area contributed by atoms with Gasteiger partial charge >= 0.3 is 5.97 Å². The Bertz CT molecular complexity index is 711. The Morgan fingerprint density at radius 3 is 2.68 bits per heavy atom. The van der Waals surface area contributed by atoms with Crippen LogP contribution in [0.15, 0.2) is 48.5 Å². The van der Waals surface area contributed by atoms with Gasteiger partial charge in [-0.15, -0.1) is 0 Å². The van der Waals surface area contributed by atoms with E-state index in [-0.39, 0.29) is 5.97 Å². The summed E-state index contributed by atoms with van der Waals surface area (Å²) in [5.41, 5.74) is 4.25. The van der Waals surface area contributed by atoms with Gasteiger partial charge in [0.2, 0.25) is 0 Å². The first-order valence-electron chi connectivity index (χ1n) is 9.32. The van der Waals surface area contributed by atoms with Gasteiger partial charge in [-0.2, -0.15) is 0 Å². The maximum Gasteiger partial charge on any atom is 0.338 e. The minimum absolute atomic E-state index is 0.239. The minimum Gasteiger partial charge on any atom is -0.462 e. The standard InChI is InChI=1S/C22H27NO2/c1-3-20-11-8-14-23(20)16-19-15-18(22(24)25-4-2)12-13-21(19)17-9-6-5-7-10-17/h5-7,9-10,12-13,15,20H,3-4,8,11,14,16H2,1-2H3/t20-/m1/s1. The van der Waals surface area contributed by atoms with Gasteiger partial charge in [0.1, 0.15) is 0 Å². The lowest BCUT2D eigenvalue weighted by molar-refractivity contribution is 0.0526. The Balaban J connectivity index is 1.95. The Morgan fingerprint density at radius 1 is 1.16 bits per heavy atom. The maximum atomic E-state index is 12.2. The van der Waals surface area contributed by atoms with E-state index in [9.17, 15) is 4.79 Å².